The third-order valence-electron chi connectivity index (χ3n) is 2.18. The van der Waals surface area contributed by atoms with Crippen molar-refractivity contribution in [3.63, 3.8) is 0 Å². The SMILES string of the molecule is C=Nc1ccc(C(C)(C)C)cc1N=C.CC. The molecule has 0 N–H and O–H groups in total. The van der Waals surface area contributed by atoms with Crippen molar-refractivity contribution in [2.75, 3.05) is 0 Å². The highest BCUT2D eigenvalue weighted by molar-refractivity contribution is 5.68. The van der Waals surface area contributed by atoms with E-state index in [2.05, 4.69) is 50.3 Å². The third-order valence-corrected chi connectivity index (χ3v) is 2.18. The van der Waals surface area contributed by atoms with Gasteiger partial charge in [-0.15, -0.1) is 0 Å². The topological polar surface area (TPSA) is 24.7 Å². The first kappa shape index (κ1) is 14.6. The molecule has 16 heavy (non-hydrogen) atoms. The van der Waals surface area contributed by atoms with Gasteiger partial charge in [0.05, 0.1) is 11.4 Å². The van der Waals surface area contributed by atoms with Gasteiger partial charge in [0, 0.05) is 0 Å². The highest BCUT2D eigenvalue weighted by Crippen LogP contribution is 2.32. The first-order valence-corrected chi connectivity index (χ1v) is 5.57. The van der Waals surface area contributed by atoms with E-state index in [-0.39, 0.29) is 5.41 Å². The predicted molar refractivity (Wildman–Crippen MR) is 74.9 cm³/mol. The van der Waals surface area contributed by atoms with E-state index in [1.54, 1.807) is 0 Å². The lowest BCUT2D eigenvalue weighted by Gasteiger charge is -2.19. The molecule has 0 aliphatic carbocycles. The molecule has 0 aliphatic rings. The Morgan fingerprint density at radius 2 is 1.44 bits per heavy atom. The van der Waals surface area contributed by atoms with Crippen LogP contribution in [0.2, 0.25) is 0 Å². The van der Waals surface area contributed by atoms with Crippen molar-refractivity contribution in [1.29, 1.82) is 0 Å². The van der Waals surface area contributed by atoms with E-state index < -0.39 is 0 Å². The summed E-state index contributed by atoms with van der Waals surface area (Å²) < 4.78 is 0. The van der Waals surface area contributed by atoms with Gasteiger partial charge in [0.25, 0.3) is 0 Å². The fourth-order valence-corrected chi connectivity index (χ4v) is 1.25. The van der Waals surface area contributed by atoms with Crippen molar-refractivity contribution in [1.82, 2.24) is 0 Å². The van der Waals surface area contributed by atoms with Crippen molar-refractivity contribution in [3.05, 3.63) is 23.8 Å². The second-order valence-corrected chi connectivity index (χ2v) is 4.27. The Morgan fingerprint density at radius 1 is 0.938 bits per heavy atom. The average Bonchev–Trinajstić information content (AvgIpc) is 2.29. The molecule has 0 aliphatic heterocycles. The summed E-state index contributed by atoms with van der Waals surface area (Å²) in [6.07, 6.45) is 0. The summed E-state index contributed by atoms with van der Waals surface area (Å²) in [6.45, 7) is 17.5. The minimum atomic E-state index is 0.124. The summed E-state index contributed by atoms with van der Waals surface area (Å²) in [5.41, 5.74) is 2.94. The van der Waals surface area contributed by atoms with Crippen LogP contribution >= 0.6 is 0 Å². The summed E-state index contributed by atoms with van der Waals surface area (Å²) in [5.74, 6) is 0. The van der Waals surface area contributed by atoms with Crippen LogP contribution in [0.25, 0.3) is 0 Å². The molecule has 1 rings (SSSR count). The normalized spacial score (nSPS) is 10.1. The first-order valence-electron chi connectivity index (χ1n) is 5.57. The van der Waals surface area contributed by atoms with Gasteiger partial charge < -0.3 is 0 Å². The Labute approximate surface area is 99.1 Å². The zero-order valence-corrected chi connectivity index (χ0v) is 11.0. The highest BCUT2D eigenvalue weighted by atomic mass is 14.8. The van der Waals surface area contributed by atoms with Crippen LogP contribution in [-0.4, -0.2) is 13.4 Å². The smallest absolute Gasteiger partial charge is 0.0881 e. The quantitative estimate of drug-likeness (QED) is 0.644. The standard InChI is InChI=1S/C12H16N2.C2H6/c1-12(2,3)9-6-7-10(13-4)11(8-9)14-5;1-2/h6-8H,4-5H2,1-3H3;1-2H3. The number of hydrogen-bond acceptors (Lipinski definition) is 2. The van der Waals surface area contributed by atoms with E-state index >= 15 is 0 Å². The minimum Gasteiger partial charge on any atom is -0.262 e. The number of nitrogens with zero attached hydrogens (tertiary/aromatic N) is 2. The molecule has 88 valence electrons. The average molecular weight is 218 g/mol. The molecule has 0 bridgehead atoms. The lowest BCUT2D eigenvalue weighted by molar-refractivity contribution is 0.590. The molecule has 0 atom stereocenters. The van der Waals surface area contributed by atoms with Crippen molar-refractivity contribution < 1.29 is 0 Å². The molecule has 0 heterocycles. The van der Waals surface area contributed by atoms with Gasteiger partial charge in [0.1, 0.15) is 0 Å². The Kier molecular flexibility index (Phi) is 5.65. The maximum atomic E-state index is 3.93. The summed E-state index contributed by atoms with van der Waals surface area (Å²) in [7, 11) is 0. The van der Waals surface area contributed by atoms with Crippen LogP contribution in [0.4, 0.5) is 11.4 Å². The molecule has 0 unspecified atom stereocenters. The molecule has 0 saturated carbocycles. The number of hydrogen-bond donors (Lipinski definition) is 0. The van der Waals surface area contributed by atoms with Crippen LogP contribution in [0.1, 0.15) is 40.2 Å². The zero-order chi connectivity index (χ0) is 12.8. The van der Waals surface area contributed by atoms with Crippen molar-refractivity contribution in [2.24, 2.45) is 9.98 Å². The summed E-state index contributed by atoms with van der Waals surface area (Å²) in [6, 6.07) is 5.99. The van der Waals surface area contributed by atoms with Crippen molar-refractivity contribution in [3.8, 4) is 0 Å². The van der Waals surface area contributed by atoms with Gasteiger partial charge in [0.2, 0.25) is 0 Å². The molecule has 0 radical (unpaired) electrons. The largest absolute Gasteiger partial charge is 0.262 e. The van der Waals surface area contributed by atoms with E-state index in [1.807, 2.05) is 26.0 Å². The summed E-state index contributed by atoms with van der Waals surface area (Å²) in [5, 5.41) is 0. The fraction of sp³-hybridized carbons (Fsp3) is 0.429. The first-order chi connectivity index (χ1) is 7.49. The molecule has 0 spiro atoms. The van der Waals surface area contributed by atoms with E-state index in [1.165, 1.54) is 5.56 Å². The van der Waals surface area contributed by atoms with Gasteiger partial charge >= 0.3 is 0 Å². The van der Waals surface area contributed by atoms with E-state index in [0.717, 1.165) is 11.4 Å². The second kappa shape index (κ2) is 6.21. The second-order valence-electron chi connectivity index (χ2n) is 4.27. The van der Waals surface area contributed by atoms with E-state index in [0.29, 0.717) is 0 Å². The molecule has 0 saturated heterocycles. The summed E-state index contributed by atoms with van der Waals surface area (Å²) >= 11 is 0. The Hall–Kier alpha value is -1.44. The van der Waals surface area contributed by atoms with Crippen LogP contribution < -0.4 is 0 Å². The van der Waals surface area contributed by atoms with Crippen LogP contribution in [0.5, 0.6) is 0 Å². The fourth-order valence-electron chi connectivity index (χ4n) is 1.25. The molecule has 2 heteroatoms. The van der Waals surface area contributed by atoms with Gasteiger partial charge in [-0.3, -0.25) is 9.98 Å². The molecule has 0 amide bonds. The highest BCUT2D eigenvalue weighted by Gasteiger charge is 2.14. The molecule has 2 nitrogen and oxygen atoms in total. The van der Waals surface area contributed by atoms with Crippen LogP contribution in [0.3, 0.4) is 0 Å². The lowest BCUT2D eigenvalue weighted by Crippen LogP contribution is -2.10. The van der Waals surface area contributed by atoms with Crippen molar-refractivity contribution in [2.45, 2.75) is 40.0 Å². The lowest BCUT2D eigenvalue weighted by atomic mass is 9.87. The maximum Gasteiger partial charge on any atom is 0.0881 e. The van der Waals surface area contributed by atoms with Gasteiger partial charge in [-0.2, -0.15) is 0 Å². The van der Waals surface area contributed by atoms with Gasteiger partial charge in [-0.25, -0.2) is 0 Å². The van der Waals surface area contributed by atoms with E-state index in [9.17, 15) is 0 Å². The monoisotopic (exact) mass is 218 g/mol. The molecule has 1 aromatic rings. The molecular formula is C14H22N2. The minimum absolute atomic E-state index is 0.124. The molecular weight excluding hydrogens is 196 g/mol. The third kappa shape index (κ3) is 3.61. The van der Waals surface area contributed by atoms with Crippen LogP contribution in [-0.2, 0) is 5.41 Å². The Balaban J connectivity index is 0.00000106. The van der Waals surface area contributed by atoms with E-state index in [4.69, 9.17) is 0 Å². The maximum absolute atomic E-state index is 3.93. The zero-order valence-electron chi connectivity index (χ0n) is 11.0. The predicted octanol–water partition coefficient (Wildman–Crippen LogP) is 4.67. The van der Waals surface area contributed by atoms with Crippen LogP contribution in [0.15, 0.2) is 28.2 Å². The number of benzene rings is 1. The molecule has 0 aromatic heterocycles. The van der Waals surface area contributed by atoms with Crippen LogP contribution in [0, 0.1) is 0 Å². The number of rotatable bonds is 2. The van der Waals surface area contributed by atoms with Gasteiger partial charge in [-0.1, -0.05) is 40.7 Å². The summed E-state index contributed by atoms with van der Waals surface area (Å²) in [4.78, 5) is 7.81. The number of aliphatic imine (C=N–C) groups is 2. The molecule has 0 fully saturated rings. The Morgan fingerprint density at radius 3 is 1.81 bits per heavy atom. The van der Waals surface area contributed by atoms with Gasteiger partial charge in [0.15, 0.2) is 0 Å². The molecule has 1 aromatic carbocycles. The Bertz CT molecular complexity index is 359. The van der Waals surface area contributed by atoms with Crippen molar-refractivity contribution >= 4 is 24.8 Å². The van der Waals surface area contributed by atoms with Gasteiger partial charge in [-0.05, 0) is 36.5 Å².